The molecule has 7 heteroatoms. The Hall–Kier alpha value is -0.280. The van der Waals surface area contributed by atoms with Gasteiger partial charge in [0.1, 0.15) is 12.2 Å². The largest absolute Gasteiger partial charge is 0.392 e. The highest BCUT2D eigenvalue weighted by atomic mass is 16.7. The minimum absolute atomic E-state index is 0.662. The minimum atomic E-state index is -2.11. The zero-order valence-electron chi connectivity index (χ0n) is 6.58. The number of aliphatic hydroxyl groups is 5. The van der Waals surface area contributed by atoms with E-state index in [1.165, 1.54) is 0 Å². The van der Waals surface area contributed by atoms with E-state index in [4.69, 9.17) is 14.9 Å². The average Bonchev–Trinajstić information content (AvgIpc) is 2.47. The molecule has 0 aliphatic carbocycles. The molecule has 0 saturated carbocycles. The fourth-order valence-electron chi connectivity index (χ4n) is 1.75. The number of hydrogen-bond acceptors (Lipinski definition) is 7. The number of ether oxygens (including phenoxy) is 1. The smallest absolute Gasteiger partial charge is 0.202 e. The molecule has 2 rings (SSSR count). The van der Waals surface area contributed by atoms with Crippen molar-refractivity contribution in [2.75, 3.05) is 6.61 Å². The first kappa shape index (κ1) is 9.28. The Labute approximate surface area is 73.2 Å². The number of nitrogens with one attached hydrogen (secondary N) is 1. The Morgan fingerprint density at radius 1 is 1.23 bits per heavy atom. The molecule has 2 heterocycles. The van der Waals surface area contributed by atoms with Crippen molar-refractivity contribution in [1.29, 1.82) is 0 Å². The van der Waals surface area contributed by atoms with Gasteiger partial charge in [-0.05, 0) is 0 Å². The van der Waals surface area contributed by atoms with E-state index in [-0.39, 0.29) is 0 Å². The summed E-state index contributed by atoms with van der Waals surface area (Å²) in [4.78, 5) is 0. The molecule has 0 spiro atoms. The van der Waals surface area contributed by atoms with Crippen LogP contribution in [0.5, 0.6) is 0 Å². The van der Waals surface area contributed by atoms with Crippen molar-refractivity contribution in [3.63, 3.8) is 0 Å². The number of hydrogen-bond donors (Lipinski definition) is 6. The van der Waals surface area contributed by atoms with Gasteiger partial charge in [0.2, 0.25) is 6.29 Å². The zero-order valence-corrected chi connectivity index (χ0v) is 6.58. The summed E-state index contributed by atoms with van der Waals surface area (Å²) >= 11 is 0. The van der Waals surface area contributed by atoms with Crippen LogP contribution in [0.4, 0.5) is 0 Å². The van der Waals surface area contributed by atoms with E-state index >= 15 is 0 Å². The lowest BCUT2D eigenvalue weighted by molar-refractivity contribution is -0.286. The topological polar surface area (TPSA) is 122 Å². The van der Waals surface area contributed by atoms with Crippen LogP contribution < -0.4 is 5.32 Å². The van der Waals surface area contributed by atoms with Crippen molar-refractivity contribution in [2.24, 2.45) is 0 Å². The average molecular weight is 193 g/mol. The maximum Gasteiger partial charge on any atom is 0.202 e. The molecule has 5 atom stereocenters. The van der Waals surface area contributed by atoms with Gasteiger partial charge in [-0.2, -0.15) is 0 Å². The number of rotatable bonds is 1. The monoisotopic (exact) mass is 193 g/mol. The standard InChI is InChI=1S/C6H11NO6/c8-1-5-2(9)3(10)6(12,7-5)4(11)13-5/h2-4,7-12H,1H2/t2-,3-,4-,5+,6+/m0/s1. The molecule has 0 aromatic rings. The summed E-state index contributed by atoms with van der Waals surface area (Å²) in [5.41, 5.74) is -3.78. The molecular formula is C6H11NO6. The first-order valence-corrected chi connectivity index (χ1v) is 3.81. The minimum Gasteiger partial charge on any atom is -0.392 e. The van der Waals surface area contributed by atoms with E-state index < -0.39 is 36.6 Å². The van der Waals surface area contributed by atoms with Gasteiger partial charge in [-0.15, -0.1) is 0 Å². The molecule has 2 fully saturated rings. The fraction of sp³-hybridized carbons (Fsp3) is 1.00. The van der Waals surface area contributed by atoms with Gasteiger partial charge in [0.05, 0.1) is 6.61 Å². The summed E-state index contributed by atoms with van der Waals surface area (Å²) in [5, 5.41) is 48.5. The molecule has 2 bridgehead atoms. The van der Waals surface area contributed by atoms with E-state index in [0.717, 1.165) is 0 Å². The van der Waals surface area contributed by atoms with Crippen LogP contribution in [-0.4, -0.2) is 62.1 Å². The van der Waals surface area contributed by atoms with Gasteiger partial charge in [0.25, 0.3) is 0 Å². The third-order valence-corrected chi connectivity index (χ3v) is 2.57. The molecule has 7 nitrogen and oxygen atoms in total. The summed E-state index contributed by atoms with van der Waals surface area (Å²) in [5.74, 6) is 0. The van der Waals surface area contributed by atoms with Crippen molar-refractivity contribution in [3.05, 3.63) is 0 Å². The summed E-state index contributed by atoms with van der Waals surface area (Å²) < 4.78 is 4.72. The third kappa shape index (κ3) is 0.868. The number of aliphatic hydroxyl groups excluding tert-OH is 4. The molecule has 0 aromatic carbocycles. The van der Waals surface area contributed by atoms with Crippen LogP contribution in [0.2, 0.25) is 0 Å². The van der Waals surface area contributed by atoms with Crippen molar-refractivity contribution >= 4 is 0 Å². The van der Waals surface area contributed by atoms with Gasteiger partial charge in [-0.1, -0.05) is 0 Å². The predicted octanol–water partition coefficient (Wildman–Crippen LogP) is -3.96. The van der Waals surface area contributed by atoms with E-state index in [1.807, 2.05) is 0 Å². The van der Waals surface area contributed by atoms with E-state index in [2.05, 4.69) is 5.32 Å². The third-order valence-electron chi connectivity index (χ3n) is 2.57. The summed E-state index contributed by atoms with van der Waals surface area (Å²) in [7, 11) is 0. The Balaban J connectivity index is 2.37. The lowest BCUT2D eigenvalue weighted by Gasteiger charge is -2.34. The zero-order chi connectivity index (χ0) is 9.85. The second-order valence-corrected chi connectivity index (χ2v) is 3.36. The van der Waals surface area contributed by atoms with E-state index in [9.17, 15) is 15.3 Å². The van der Waals surface area contributed by atoms with Crippen LogP contribution in [0.15, 0.2) is 0 Å². The number of fused-ring (bicyclic) bond motifs is 2. The highest BCUT2D eigenvalue weighted by Gasteiger charge is 2.71. The molecule has 6 N–H and O–H groups in total. The van der Waals surface area contributed by atoms with Crippen molar-refractivity contribution < 1.29 is 30.3 Å². The van der Waals surface area contributed by atoms with Crippen LogP contribution in [0.3, 0.4) is 0 Å². The Bertz CT molecular complexity index is 235. The molecule has 0 aromatic heterocycles. The molecule has 76 valence electrons. The van der Waals surface area contributed by atoms with Crippen LogP contribution >= 0.6 is 0 Å². The van der Waals surface area contributed by atoms with E-state index in [0.29, 0.717) is 0 Å². The maximum absolute atomic E-state index is 9.54. The Kier molecular flexibility index (Phi) is 1.71. The van der Waals surface area contributed by atoms with Gasteiger partial charge in [0.15, 0.2) is 11.4 Å². The summed E-state index contributed by atoms with van der Waals surface area (Å²) in [6.07, 6.45) is -4.74. The summed E-state index contributed by atoms with van der Waals surface area (Å²) in [6, 6.07) is 0. The highest BCUT2D eigenvalue weighted by molar-refractivity contribution is 5.14. The van der Waals surface area contributed by atoms with Gasteiger partial charge in [0, 0.05) is 0 Å². The van der Waals surface area contributed by atoms with Crippen molar-refractivity contribution in [1.82, 2.24) is 5.32 Å². The quantitative estimate of drug-likeness (QED) is 0.251. The molecular weight excluding hydrogens is 182 g/mol. The molecule has 13 heavy (non-hydrogen) atoms. The second-order valence-electron chi connectivity index (χ2n) is 3.36. The molecule has 0 unspecified atom stereocenters. The first-order chi connectivity index (χ1) is 5.96. The SMILES string of the molecule is OC[C@@]12N[C@](O)([C@@H](O)O1)[C@@H](O)[C@@H]2O. The first-order valence-electron chi connectivity index (χ1n) is 3.81. The summed E-state index contributed by atoms with van der Waals surface area (Å²) in [6.45, 7) is -0.662. The lowest BCUT2D eigenvalue weighted by atomic mass is 10.00. The Morgan fingerprint density at radius 3 is 2.23 bits per heavy atom. The molecule has 2 aliphatic rings. The van der Waals surface area contributed by atoms with Crippen molar-refractivity contribution in [3.8, 4) is 0 Å². The van der Waals surface area contributed by atoms with Crippen LogP contribution in [0.25, 0.3) is 0 Å². The van der Waals surface area contributed by atoms with Crippen LogP contribution in [0, 0.1) is 0 Å². The molecule has 0 radical (unpaired) electrons. The second kappa shape index (κ2) is 2.39. The molecule has 2 aliphatic heterocycles. The van der Waals surface area contributed by atoms with Gasteiger partial charge in [-0.25, -0.2) is 0 Å². The van der Waals surface area contributed by atoms with Gasteiger partial charge in [-0.3, -0.25) is 5.32 Å². The molecule has 0 amide bonds. The van der Waals surface area contributed by atoms with Gasteiger partial charge >= 0.3 is 0 Å². The maximum atomic E-state index is 9.54. The molecule has 2 saturated heterocycles. The fourth-order valence-corrected chi connectivity index (χ4v) is 1.75. The predicted molar refractivity (Wildman–Crippen MR) is 37.0 cm³/mol. The Morgan fingerprint density at radius 2 is 1.85 bits per heavy atom. The highest BCUT2D eigenvalue weighted by Crippen LogP contribution is 2.41. The van der Waals surface area contributed by atoms with Gasteiger partial charge < -0.3 is 30.3 Å². The van der Waals surface area contributed by atoms with Crippen LogP contribution in [-0.2, 0) is 4.74 Å². The van der Waals surface area contributed by atoms with E-state index in [1.54, 1.807) is 0 Å². The van der Waals surface area contributed by atoms with Crippen molar-refractivity contribution in [2.45, 2.75) is 29.9 Å². The normalized spacial score (nSPS) is 60.2. The lowest BCUT2D eigenvalue weighted by Crippen LogP contribution is -2.58. The van der Waals surface area contributed by atoms with Crippen LogP contribution in [0.1, 0.15) is 0 Å².